The molecule has 2 aromatic rings. The van der Waals surface area contributed by atoms with Crippen molar-refractivity contribution in [1.82, 2.24) is 4.98 Å². The van der Waals surface area contributed by atoms with Crippen LogP contribution in [0.25, 0.3) is 0 Å². The summed E-state index contributed by atoms with van der Waals surface area (Å²) in [5.41, 5.74) is 8.15. The van der Waals surface area contributed by atoms with Gasteiger partial charge in [0.25, 0.3) is 0 Å². The summed E-state index contributed by atoms with van der Waals surface area (Å²) < 4.78 is 0. The standard InChI is InChI=1S/C14H14ClN3/c15-12-6-2-1-4-10(12)7-8-13-11(14(16)17)5-3-9-18-13/h1-6,9H,7-8H2,(H3,16,17). The van der Waals surface area contributed by atoms with Crippen molar-refractivity contribution < 1.29 is 0 Å². The molecule has 4 heteroatoms. The van der Waals surface area contributed by atoms with Gasteiger partial charge < -0.3 is 5.73 Å². The molecule has 18 heavy (non-hydrogen) atoms. The van der Waals surface area contributed by atoms with Crippen molar-refractivity contribution in [2.24, 2.45) is 5.73 Å². The Morgan fingerprint density at radius 3 is 2.67 bits per heavy atom. The zero-order chi connectivity index (χ0) is 13.0. The molecule has 0 radical (unpaired) electrons. The molecule has 0 unspecified atom stereocenters. The lowest BCUT2D eigenvalue weighted by Gasteiger charge is -2.07. The zero-order valence-electron chi connectivity index (χ0n) is 9.86. The number of nitrogen functional groups attached to an aromatic ring is 1. The lowest BCUT2D eigenvalue weighted by molar-refractivity contribution is 0.909. The maximum absolute atomic E-state index is 7.51. The summed E-state index contributed by atoms with van der Waals surface area (Å²) in [6.45, 7) is 0. The van der Waals surface area contributed by atoms with Crippen LogP contribution in [0.2, 0.25) is 5.02 Å². The molecule has 0 aliphatic carbocycles. The first-order valence-corrected chi connectivity index (χ1v) is 6.08. The van der Waals surface area contributed by atoms with Gasteiger partial charge in [-0.05, 0) is 36.6 Å². The van der Waals surface area contributed by atoms with Crippen LogP contribution < -0.4 is 5.73 Å². The molecule has 0 aliphatic rings. The SMILES string of the molecule is N=C(N)c1cccnc1CCc1ccccc1Cl. The molecule has 3 nitrogen and oxygen atoms in total. The normalized spacial score (nSPS) is 10.3. The summed E-state index contributed by atoms with van der Waals surface area (Å²) in [5.74, 6) is 0.0530. The van der Waals surface area contributed by atoms with Gasteiger partial charge in [0.15, 0.2) is 0 Å². The van der Waals surface area contributed by atoms with Crippen molar-refractivity contribution in [3.8, 4) is 0 Å². The van der Waals surface area contributed by atoms with Gasteiger partial charge >= 0.3 is 0 Å². The molecule has 1 aromatic heterocycles. The molecule has 0 amide bonds. The van der Waals surface area contributed by atoms with Crippen LogP contribution in [-0.4, -0.2) is 10.8 Å². The maximum Gasteiger partial charge on any atom is 0.124 e. The number of pyridine rings is 1. The van der Waals surface area contributed by atoms with Crippen LogP contribution in [0.5, 0.6) is 0 Å². The van der Waals surface area contributed by atoms with Crippen LogP contribution in [0.4, 0.5) is 0 Å². The molecule has 0 saturated heterocycles. The highest BCUT2D eigenvalue weighted by atomic mass is 35.5. The van der Waals surface area contributed by atoms with E-state index in [2.05, 4.69) is 4.98 Å². The predicted octanol–water partition coefficient (Wildman–Crippen LogP) is 2.80. The van der Waals surface area contributed by atoms with E-state index in [-0.39, 0.29) is 5.84 Å². The molecule has 0 aliphatic heterocycles. The van der Waals surface area contributed by atoms with E-state index in [1.54, 1.807) is 12.3 Å². The monoisotopic (exact) mass is 259 g/mol. The molecular formula is C14H14ClN3. The highest BCUT2D eigenvalue weighted by molar-refractivity contribution is 6.31. The van der Waals surface area contributed by atoms with Gasteiger partial charge in [-0.25, -0.2) is 0 Å². The largest absolute Gasteiger partial charge is 0.384 e. The first-order chi connectivity index (χ1) is 8.68. The number of hydrogen-bond acceptors (Lipinski definition) is 2. The number of aromatic nitrogens is 1. The summed E-state index contributed by atoms with van der Waals surface area (Å²) in [6, 6.07) is 11.4. The van der Waals surface area contributed by atoms with Gasteiger partial charge in [-0.15, -0.1) is 0 Å². The van der Waals surface area contributed by atoms with Crippen molar-refractivity contribution in [3.63, 3.8) is 0 Å². The van der Waals surface area contributed by atoms with Crippen molar-refractivity contribution in [3.05, 3.63) is 64.4 Å². The van der Waals surface area contributed by atoms with Crippen molar-refractivity contribution in [2.75, 3.05) is 0 Å². The molecule has 0 bridgehead atoms. The van der Waals surface area contributed by atoms with E-state index >= 15 is 0 Å². The van der Waals surface area contributed by atoms with E-state index in [1.165, 1.54) is 0 Å². The number of nitrogens with two attached hydrogens (primary N) is 1. The van der Waals surface area contributed by atoms with Crippen molar-refractivity contribution >= 4 is 17.4 Å². The van der Waals surface area contributed by atoms with Gasteiger partial charge in [-0.3, -0.25) is 10.4 Å². The molecule has 2 rings (SSSR count). The summed E-state index contributed by atoms with van der Waals surface area (Å²) in [7, 11) is 0. The molecule has 3 N–H and O–H groups in total. The highest BCUT2D eigenvalue weighted by Crippen LogP contribution is 2.17. The highest BCUT2D eigenvalue weighted by Gasteiger charge is 2.07. The topological polar surface area (TPSA) is 62.8 Å². The van der Waals surface area contributed by atoms with E-state index in [4.69, 9.17) is 22.7 Å². The molecule has 0 atom stereocenters. The van der Waals surface area contributed by atoms with E-state index in [0.29, 0.717) is 5.56 Å². The molecule has 0 spiro atoms. The van der Waals surface area contributed by atoms with Crippen LogP contribution in [0.15, 0.2) is 42.6 Å². The third kappa shape index (κ3) is 2.87. The predicted molar refractivity (Wildman–Crippen MR) is 74.1 cm³/mol. The summed E-state index contributed by atoms with van der Waals surface area (Å²) >= 11 is 6.11. The third-order valence-electron chi connectivity index (χ3n) is 2.77. The van der Waals surface area contributed by atoms with Gasteiger partial charge in [0.1, 0.15) is 5.84 Å². The van der Waals surface area contributed by atoms with Gasteiger partial charge in [0, 0.05) is 16.8 Å². The number of rotatable bonds is 4. The second-order valence-electron chi connectivity index (χ2n) is 4.00. The summed E-state index contributed by atoms with van der Waals surface area (Å²) in [6.07, 6.45) is 3.23. The number of hydrogen-bond donors (Lipinski definition) is 2. The molecule has 92 valence electrons. The summed E-state index contributed by atoms with van der Waals surface area (Å²) in [5, 5.41) is 8.28. The Morgan fingerprint density at radius 1 is 1.17 bits per heavy atom. The Hall–Kier alpha value is -1.87. The third-order valence-corrected chi connectivity index (χ3v) is 3.14. The minimum atomic E-state index is 0.0530. The second kappa shape index (κ2) is 5.65. The van der Waals surface area contributed by atoms with E-state index < -0.39 is 0 Å². The minimum absolute atomic E-state index is 0.0530. The first kappa shape index (κ1) is 12.6. The van der Waals surface area contributed by atoms with Crippen LogP contribution in [-0.2, 0) is 12.8 Å². The average molecular weight is 260 g/mol. The van der Waals surface area contributed by atoms with Crippen LogP contribution in [0, 0.1) is 5.41 Å². The zero-order valence-corrected chi connectivity index (χ0v) is 10.6. The maximum atomic E-state index is 7.51. The Balaban J connectivity index is 2.16. The first-order valence-electron chi connectivity index (χ1n) is 5.70. The quantitative estimate of drug-likeness (QED) is 0.655. The second-order valence-corrected chi connectivity index (χ2v) is 4.41. The molecule has 1 aromatic carbocycles. The van der Waals surface area contributed by atoms with Crippen LogP contribution in [0.3, 0.4) is 0 Å². The Labute approximate surface area is 111 Å². The van der Waals surface area contributed by atoms with Gasteiger partial charge in [-0.1, -0.05) is 29.8 Å². The lowest BCUT2D eigenvalue weighted by atomic mass is 10.0. The number of nitrogens with one attached hydrogen (secondary N) is 1. The Morgan fingerprint density at radius 2 is 1.94 bits per heavy atom. The lowest BCUT2D eigenvalue weighted by Crippen LogP contribution is -2.15. The Kier molecular flexibility index (Phi) is 3.95. The molecule has 1 heterocycles. The van der Waals surface area contributed by atoms with Crippen molar-refractivity contribution in [2.45, 2.75) is 12.8 Å². The molecular weight excluding hydrogens is 246 g/mol. The molecule has 0 saturated carbocycles. The number of halogens is 1. The van der Waals surface area contributed by atoms with Crippen LogP contribution in [0.1, 0.15) is 16.8 Å². The average Bonchev–Trinajstić information content (AvgIpc) is 2.38. The number of benzene rings is 1. The van der Waals surface area contributed by atoms with E-state index in [1.807, 2.05) is 30.3 Å². The Bertz CT molecular complexity index is 566. The van der Waals surface area contributed by atoms with Gasteiger partial charge in [0.05, 0.1) is 5.69 Å². The fraction of sp³-hybridized carbons (Fsp3) is 0.143. The fourth-order valence-corrected chi connectivity index (χ4v) is 2.07. The van der Waals surface area contributed by atoms with Gasteiger partial charge in [0.2, 0.25) is 0 Å². The fourth-order valence-electron chi connectivity index (χ4n) is 1.84. The van der Waals surface area contributed by atoms with E-state index in [0.717, 1.165) is 29.1 Å². The molecule has 0 fully saturated rings. The number of nitrogens with zero attached hydrogens (tertiary/aromatic N) is 1. The minimum Gasteiger partial charge on any atom is -0.384 e. The smallest absolute Gasteiger partial charge is 0.124 e. The number of aryl methyl sites for hydroxylation is 2. The van der Waals surface area contributed by atoms with Crippen LogP contribution >= 0.6 is 11.6 Å². The van der Waals surface area contributed by atoms with Gasteiger partial charge in [-0.2, -0.15) is 0 Å². The summed E-state index contributed by atoms with van der Waals surface area (Å²) in [4.78, 5) is 4.28. The van der Waals surface area contributed by atoms with E-state index in [9.17, 15) is 0 Å². The van der Waals surface area contributed by atoms with Crippen molar-refractivity contribution in [1.29, 1.82) is 5.41 Å². The number of amidine groups is 1.